The second-order valence-corrected chi connectivity index (χ2v) is 7.06. The van der Waals surface area contributed by atoms with Crippen molar-refractivity contribution in [2.75, 3.05) is 57.3 Å². The number of hydrogen-bond donors (Lipinski definition) is 1. The molecule has 1 aromatic rings. The first-order valence-electron chi connectivity index (χ1n) is 9.90. The molecule has 0 saturated carbocycles. The molecule has 1 N–H and O–H groups in total. The van der Waals surface area contributed by atoms with E-state index in [0.717, 1.165) is 52.1 Å². The molecule has 27 heavy (non-hydrogen) atoms. The minimum atomic E-state index is -0.392. The van der Waals surface area contributed by atoms with Crippen LogP contribution in [0.4, 0.5) is 10.5 Å². The van der Waals surface area contributed by atoms with E-state index in [4.69, 9.17) is 4.74 Å². The van der Waals surface area contributed by atoms with E-state index < -0.39 is 5.97 Å². The first-order valence-corrected chi connectivity index (χ1v) is 9.90. The summed E-state index contributed by atoms with van der Waals surface area (Å²) in [6.45, 7) is 7.53. The summed E-state index contributed by atoms with van der Waals surface area (Å²) in [5.74, 6) is -0.392. The van der Waals surface area contributed by atoms with Crippen LogP contribution in [0, 0.1) is 0 Å². The van der Waals surface area contributed by atoms with Crippen LogP contribution < -0.4 is 10.2 Å². The summed E-state index contributed by atoms with van der Waals surface area (Å²) < 4.78 is 4.86. The van der Waals surface area contributed by atoms with E-state index in [1.807, 2.05) is 11.0 Å². The molecular weight excluding hydrogens is 344 g/mol. The molecule has 7 nitrogen and oxygen atoms in total. The third-order valence-electron chi connectivity index (χ3n) is 5.33. The molecular formula is C20H30N4O3. The molecule has 1 aromatic carbocycles. The lowest BCUT2D eigenvalue weighted by atomic mass is 10.0. The number of carbonyl (C=O) groups excluding carboxylic acids is 2. The SMILES string of the molecule is CCOC(=O)CNC(=O)N1CCC[C@H](N2CCN(c3ccccc3)CC2)C1. The minimum absolute atomic E-state index is 0.0659. The number of ether oxygens (including phenoxy) is 1. The molecule has 1 atom stereocenters. The Balaban J connectivity index is 1.46. The fourth-order valence-electron chi connectivity index (χ4n) is 3.89. The first-order chi connectivity index (χ1) is 13.2. The summed E-state index contributed by atoms with van der Waals surface area (Å²) in [7, 11) is 0. The molecule has 3 rings (SSSR count). The summed E-state index contributed by atoms with van der Waals surface area (Å²) in [6.07, 6.45) is 2.11. The van der Waals surface area contributed by atoms with Crippen molar-refractivity contribution < 1.29 is 14.3 Å². The van der Waals surface area contributed by atoms with E-state index in [9.17, 15) is 9.59 Å². The fraction of sp³-hybridized carbons (Fsp3) is 0.600. The van der Waals surface area contributed by atoms with Gasteiger partial charge in [0.2, 0.25) is 0 Å². The molecule has 0 bridgehead atoms. The number of carbonyl (C=O) groups is 2. The van der Waals surface area contributed by atoms with Gasteiger partial charge in [-0.05, 0) is 31.9 Å². The van der Waals surface area contributed by atoms with Crippen molar-refractivity contribution in [3.8, 4) is 0 Å². The number of piperazine rings is 1. The van der Waals surface area contributed by atoms with Crippen LogP contribution in [0.25, 0.3) is 0 Å². The highest BCUT2D eigenvalue weighted by atomic mass is 16.5. The number of nitrogens with one attached hydrogen (secondary N) is 1. The van der Waals surface area contributed by atoms with Crippen LogP contribution in [-0.2, 0) is 9.53 Å². The van der Waals surface area contributed by atoms with Crippen molar-refractivity contribution in [2.45, 2.75) is 25.8 Å². The molecule has 0 aliphatic carbocycles. The summed E-state index contributed by atoms with van der Waals surface area (Å²) in [5.41, 5.74) is 1.28. The predicted octanol–water partition coefficient (Wildman–Crippen LogP) is 1.55. The van der Waals surface area contributed by atoms with Gasteiger partial charge in [0.25, 0.3) is 0 Å². The second kappa shape index (κ2) is 9.60. The zero-order valence-electron chi connectivity index (χ0n) is 16.1. The van der Waals surface area contributed by atoms with Gasteiger partial charge in [-0.25, -0.2) is 4.79 Å². The number of piperidine rings is 1. The van der Waals surface area contributed by atoms with Gasteiger partial charge in [-0.3, -0.25) is 9.69 Å². The predicted molar refractivity (Wildman–Crippen MR) is 105 cm³/mol. The maximum Gasteiger partial charge on any atom is 0.325 e. The third kappa shape index (κ3) is 5.35. The Hall–Kier alpha value is -2.28. The number of urea groups is 1. The van der Waals surface area contributed by atoms with Gasteiger partial charge in [0.1, 0.15) is 6.54 Å². The summed E-state index contributed by atoms with van der Waals surface area (Å²) in [4.78, 5) is 30.5. The lowest BCUT2D eigenvalue weighted by Gasteiger charge is -2.43. The number of para-hydroxylation sites is 1. The summed E-state index contributed by atoms with van der Waals surface area (Å²) in [5, 5.41) is 2.67. The maximum atomic E-state index is 12.4. The normalized spacial score (nSPS) is 21.0. The van der Waals surface area contributed by atoms with Crippen molar-refractivity contribution in [1.29, 1.82) is 0 Å². The summed E-state index contributed by atoms with van der Waals surface area (Å²) >= 11 is 0. The number of hydrogen-bond acceptors (Lipinski definition) is 5. The van der Waals surface area contributed by atoms with Crippen LogP contribution in [0.1, 0.15) is 19.8 Å². The van der Waals surface area contributed by atoms with Crippen LogP contribution >= 0.6 is 0 Å². The minimum Gasteiger partial charge on any atom is -0.465 e. The van der Waals surface area contributed by atoms with Gasteiger partial charge >= 0.3 is 12.0 Å². The van der Waals surface area contributed by atoms with Gasteiger partial charge in [-0.2, -0.15) is 0 Å². The number of amides is 2. The molecule has 148 valence electrons. The van der Waals surface area contributed by atoms with E-state index in [2.05, 4.69) is 39.4 Å². The van der Waals surface area contributed by atoms with E-state index >= 15 is 0 Å². The average molecular weight is 374 g/mol. The smallest absolute Gasteiger partial charge is 0.325 e. The Bertz CT molecular complexity index is 617. The van der Waals surface area contributed by atoms with Crippen LogP contribution in [0.5, 0.6) is 0 Å². The lowest BCUT2D eigenvalue weighted by Crippen LogP contribution is -2.57. The molecule has 0 unspecified atom stereocenters. The van der Waals surface area contributed by atoms with Crippen molar-refractivity contribution in [1.82, 2.24) is 15.1 Å². The Morgan fingerprint density at radius 2 is 1.85 bits per heavy atom. The first kappa shape index (κ1) is 19.5. The topological polar surface area (TPSA) is 65.1 Å². The van der Waals surface area contributed by atoms with Crippen LogP contribution in [0.15, 0.2) is 30.3 Å². The van der Waals surface area contributed by atoms with Crippen molar-refractivity contribution in [2.24, 2.45) is 0 Å². The zero-order valence-corrected chi connectivity index (χ0v) is 16.1. The van der Waals surface area contributed by atoms with Crippen LogP contribution in [0.3, 0.4) is 0 Å². The number of anilines is 1. The lowest BCUT2D eigenvalue weighted by molar-refractivity contribution is -0.141. The number of benzene rings is 1. The molecule has 2 aliphatic rings. The highest BCUT2D eigenvalue weighted by Crippen LogP contribution is 2.20. The van der Waals surface area contributed by atoms with E-state index in [1.165, 1.54) is 5.69 Å². The van der Waals surface area contributed by atoms with Crippen LogP contribution in [-0.4, -0.2) is 80.3 Å². The van der Waals surface area contributed by atoms with Crippen molar-refractivity contribution in [3.63, 3.8) is 0 Å². The summed E-state index contributed by atoms with van der Waals surface area (Å²) in [6, 6.07) is 10.7. The van der Waals surface area contributed by atoms with Crippen molar-refractivity contribution in [3.05, 3.63) is 30.3 Å². The van der Waals surface area contributed by atoms with Crippen LogP contribution in [0.2, 0.25) is 0 Å². The standard InChI is InChI=1S/C20H30N4O3/c1-2-27-19(25)15-21-20(26)24-10-6-9-18(16-24)23-13-11-22(12-14-23)17-7-4-3-5-8-17/h3-5,7-8,18H,2,6,9-16H2,1H3,(H,21,26)/t18-/m0/s1. The van der Waals surface area contributed by atoms with Gasteiger partial charge in [0.15, 0.2) is 0 Å². The Morgan fingerprint density at radius 3 is 2.56 bits per heavy atom. The number of rotatable bonds is 5. The molecule has 2 saturated heterocycles. The molecule has 2 aliphatic heterocycles. The Labute approximate surface area is 161 Å². The molecule has 0 aromatic heterocycles. The highest BCUT2D eigenvalue weighted by Gasteiger charge is 2.30. The zero-order chi connectivity index (χ0) is 19.1. The van der Waals surface area contributed by atoms with Gasteiger partial charge in [0.05, 0.1) is 6.61 Å². The third-order valence-corrected chi connectivity index (χ3v) is 5.33. The molecule has 2 fully saturated rings. The quantitative estimate of drug-likeness (QED) is 0.792. The van der Waals surface area contributed by atoms with E-state index in [1.54, 1.807) is 6.92 Å². The Morgan fingerprint density at radius 1 is 1.11 bits per heavy atom. The average Bonchev–Trinajstić information content (AvgIpc) is 2.73. The molecule has 0 radical (unpaired) electrons. The monoisotopic (exact) mass is 374 g/mol. The van der Waals surface area contributed by atoms with Gasteiger partial charge in [0, 0.05) is 51.0 Å². The van der Waals surface area contributed by atoms with Gasteiger partial charge in [-0.15, -0.1) is 0 Å². The molecule has 2 amide bonds. The number of esters is 1. The van der Waals surface area contributed by atoms with Gasteiger partial charge in [-0.1, -0.05) is 18.2 Å². The van der Waals surface area contributed by atoms with E-state index in [0.29, 0.717) is 12.6 Å². The van der Waals surface area contributed by atoms with E-state index in [-0.39, 0.29) is 12.6 Å². The number of likely N-dealkylation sites (tertiary alicyclic amines) is 1. The Kier molecular flexibility index (Phi) is 6.92. The van der Waals surface area contributed by atoms with Crippen molar-refractivity contribution >= 4 is 17.7 Å². The number of nitrogens with zero attached hydrogens (tertiary/aromatic N) is 3. The second-order valence-electron chi connectivity index (χ2n) is 7.06. The molecule has 2 heterocycles. The molecule has 0 spiro atoms. The maximum absolute atomic E-state index is 12.4. The molecule has 7 heteroatoms. The highest BCUT2D eigenvalue weighted by molar-refractivity contribution is 5.80. The fourth-order valence-corrected chi connectivity index (χ4v) is 3.89. The largest absolute Gasteiger partial charge is 0.465 e. The van der Waals surface area contributed by atoms with Gasteiger partial charge < -0.3 is 19.9 Å².